The molecule has 6 heteroatoms. The van der Waals surface area contributed by atoms with Gasteiger partial charge in [0.25, 0.3) is 0 Å². The largest absolute Gasteiger partial charge is 0.395 e. The van der Waals surface area contributed by atoms with Crippen LogP contribution in [0.2, 0.25) is 5.15 Å². The van der Waals surface area contributed by atoms with Gasteiger partial charge in [0.2, 0.25) is 0 Å². The summed E-state index contributed by atoms with van der Waals surface area (Å²) in [6.45, 7) is 7.41. The van der Waals surface area contributed by atoms with E-state index < -0.39 is 0 Å². The number of benzene rings is 1. The van der Waals surface area contributed by atoms with Crippen molar-refractivity contribution in [1.29, 1.82) is 0 Å². The van der Waals surface area contributed by atoms with Crippen molar-refractivity contribution in [2.45, 2.75) is 13.5 Å². The monoisotopic (exact) mass is 323 g/mol. The van der Waals surface area contributed by atoms with Crippen LogP contribution in [-0.2, 0) is 6.54 Å². The minimum atomic E-state index is -0.302. The standard InChI is InChI=1S/C16H19ClFN3O/c1-3-8-20(9-10-22)11-15-12(2)19-21(16(15)17)14-6-4-13(18)5-7-14/h3-7,22H,1,8-11H2,2H3. The van der Waals surface area contributed by atoms with Crippen molar-refractivity contribution in [3.8, 4) is 5.69 Å². The minimum Gasteiger partial charge on any atom is -0.395 e. The molecule has 0 radical (unpaired) electrons. The minimum absolute atomic E-state index is 0.0661. The van der Waals surface area contributed by atoms with Gasteiger partial charge in [-0.25, -0.2) is 9.07 Å². The van der Waals surface area contributed by atoms with Crippen molar-refractivity contribution in [1.82, 2.24) is 14.7 Å². The van der Waals surface area contributed by atoms with E-state index >= 15 is 0 Å². The number of aryl methyl sites for hydroxylation is 1. The second-order valence-corrected chi connectivity index (χ2v) is 5.35. The highest BCUT2D eigenvalue weighted by Crippen LogP contribution is 2.25. The summed E-state index contributed by atoms with van der Waals surface area (Å²) in [5, 5.41) is 14.1. The molecule has 0 unspecified atom stereocenters. The average Bonchev–Trinajstić information content (AvgIpc) is 2.77. The molecule has 2 rings (SSSR count). The number of aliphatic hydroxyl groups excluding tert-OH is 1. The predicted octanol–water partition coefficient (Wildman–Crippen LogP) is 2.95. The lowest BCUT2D eigenvalue weighted by atomic mass is 10.2. The van der Waals surface area contributed by atoms with Crippen LogP contribution in [0.1, 0.15) is 11.3 Å². The van der Waals surface area contributed by atoms with E-state index in [2.05, 4.69) is 11.7 Å². The number of aromatic nitrogens is 2. The Balaban J connectivity index is 2.30. The predicted molar refractivity (Wildman–Crippen MR) is 85.8 cm³/mol. The Morgan fingerprint density at radius 1 is 1.41 bits per heavy atom. The van der Waals surface area contributed by atoms with Gasteiger partial charge in [-0.05, 0) is 31.2 Å². The summed E-state index contributed by atoms with van der Waals surface area (Å²) in [5.74, 6) is -0.302. The van der Waals surface area contributed by atoms with E-state index in [0.29, 0.717) is 30.5 Å². The van der Waals surface area contributed by atoms with Crippen LogP contribution < -0.4 is 0 Å². The van der Waals surface area contributed by atoms with Crippen LogP contribution in [0.4, 0.5) is 4.39 Å². The van der Waals surface area contributed by atoms with Crippen LogP contribution in [0.5, 0.6) is 0 Å². The Labute approximate surface area is 134 Å². The Morgan fingerprint density at radius 3 is 2.68 bits per heavy atom. The molecule has 0 saturated carbocycles. The molecule has 1 aromatic carbocycles. The maximum Gasteiger partial charge on any atom is 0.137 e. The zero-order valence-electron chi connectivity index (χ0n) is 12.5. The number of rotatable bonds is 7. The maximum absolute atomic E-state index is 13.0. The quantitative estimate of drug-likeness (QED) is 0.797. The number of aliphatic hydroxyl groups is 1. The van der Waals surface area contributed by atoms with Gasteiger partial charge in [0.1, 0.15) is 11.0 Å². The van der Waals surface area contributed by atoms with Gasteiger partial charge >= 0.3 is 0 Å². The van der Waals surface area contributed by atoms with Gasteiger partial charge in [-0.15, -0.1) is 6.58 Å². The van der Waals surface area contributed by atoms with Gasteiger partial charge < -0.3 is 5.11 Å². The molecule has 1 aromatic heterocycles. The average molecular weight is 324 g/mol. The second kappa shape index (κ2) is 7.54. The molecular weight excluding hydrogens is 305 g/mol. The van der Waals surface area contributed by atoms with Crippen molar-refractivity contribution < 1.29 is 9.50 Å². The van der Waals surface area contributed by atoms with E-state index in [9.17, 15) is 4.39 Å². The summed E-state index contributed by atoms with van der Waals surface area (Å²) >= 11 is 6.44. The smallest absolute Gasteiger partial charge is 0.137 e. The van der Waals surface area contributed by atoms with E-state index in [1.165, 1.54) is 12.1 Å². The molecule has 0 aliphatic rings. The summed E-state index contributed by atoms with van der Waals surface area (Å²) in [7, 11) is 0. The molecule has 2 aromatic rings. The molecule has 0 aliphatic carbocycles. The topological polar surface area (TPSA) is 41.3 Å². The SMILES string of the molecule is C=CCN(CCO)Cc1c(C)nn(-c2ccc(F)cc2)c1Cl. The zero-order valence-corrected chi connectivity index (χ0v) is 13.2. The lowest BCUT2D eigenvalue weighted by Gasteiger charge is -2.19. The Hall–Kier alpha value is -1.69. The summed E-state index contributed by atoms with van der Waals surface area (Å²) in [6, 6.07) is 6.01. The molecule has 1 N–H and O–H groups in total. The fourth-order valence-corrected chi connectivity index (χ4v) is 2.58. The molecule has 0 aliphatic heterocycles. The first-order valence-corrected chi connectivity index (χ1v) is 7.38. The van der Waals surface area contributed by atoms with Gasteiger partial charge in [0, 0.05) is 25.2 Å². The molecule has 0 fully saturated rings. The van der Waals surface area contributed by atoms with Crippen LogP contribution in [0.15, 0.2) is 36.9 Å². The van der Waals surface area contributed by atoms with E-state index in [-0.39, 0.29) is 12.4 Å². The second-order valence-electron chi connectivity index (χ2n) is 4.99. The van der Waals surface area contributed by atoms with E-state index in [0.717, 1.165) is 11.3 Å². The molecule has 118 valence electrons. The first-order valence-electron chi connectivity index (χ1n) is 7.01. The molecule has 0 saturated heterocycles. The highest BCUT2D eigenvalue weighted by atomic mass is 35.5. The Bertz CT molecular complexity index is 640. The van der Waals surface area contributed by atoms with Gasteiger partial charge in [-0.3, -0.25) is 4.90 Å². The van der Waals surface area contributed by atoms with E-state index in [1.54, 1.807) is 22.9 Å². The molecule has 0 amide bonds. The van der Waals surface area contributed by atoms with Crippen LogP contribution in [0, 0.1) is 12.7 Å². The van der Waals surface area contributed by atoms with Crippen LogP contribution >= 0.6 is 11.6 Å². The lowest BCUT2D eigenvalue weighted by molar-refractivity contribution is 0.203. The summed E-state index contributed by atoms with van der Waals surface area (Å²) < 4.78 is 14.6. The third-order valence-electron chi connectivity index (χ3n) is 3.38. The van der Waals surface area contributed by atoms with Gasteiger partial charge in [0.15, 0.2) is 0 Å². The highest BCUT2D eigenvalue weighted by molar-refractivity contribution is 6.30. The zero-order chi connectivity index (χ0) is 16.1. The van der Waals surface area contributed by atoms with Crippen molar-refractivity contribution in [2.75, 3.05) is 19.7 Å². The summed E-state index contributed by atoms with van der Waals surface area (Å²) in [5.41, 5.74) is 2.40. The first kappa shape index (κ1) is 16.7. The number of hydrogen-bond acceptors (Lipinski definition) is 3. The molecule has 0 atom stereocenters. The Kier molecular flexibility index (Phi) is 5.71. The lowest BCUT2D eigenvalue weighted by Crippen LogP contribution is -2.26. The molecule has 0 bridgehead atoms. The van der Waals surface area contributed by atoms with Crippen molar-refractivity contribution >= 4 is 11.6 Å². The number of hydrogen-bond donors (Lipinski definition) is 1. The molecule has 22 heavy (non-hydrogen) atoms. The molecule has 1 heterocycles. The fraction of sp³-hybridized carbons (Fsp3) is 0.312. The first-order chi connectivity index (χ1) is 10.6. The molecule has 0 spiro atoms. The highest BCUT2D eigenvalue weighted by Gasteiger charge is 2.17. The third-order valence-corrected chi connectivity index (χ3v) is 3.77. The van der Waals surface area contributed by atoms with Gasteiger partial charge in [0.05, 0.1) is 18.0 Å². The van der Waals surface area contributed by atoms with Crippen LogP contribution in [-0.4, -0.2) is 39.5 Å². The van der Waals surface area contributed by atoms with Crippen molar-refractivity contribution in [3.63, 3.8) is 0 Å². The van der Waals surface area contributed by atoms with Crippen LogP contribution in [0.25, 0.3) is 5.69 Å². The van der Waals surface area contributed by atoms with E-state index in [4.69, 9.17) is 16.7 Å². The normalized spacial score (nSPS) is 11.1. The van der Waals surface area contributed by atoms with E-state index in [1.807, 2.05) is 11.8 Å². The van der Waals surface area contributed by atoms with Crippen molar-refractivity contribution in [3.05, 3.63) is 59.1 Å². The molecular formula is C16H19ClFN3O. The van der Waals surface area contributed by atoms with Crippen molar-refractivity contribution in [2.24, 2.45) is 0 Å². The molecule has 4 nitrogen and oxygen atoms in total. The fourth-order valence-electron chi connectivity index (χ4n) is 2.25. The Morgan fingerprint density at radius 2 is 2.09 bits per heavy atom. The van der Waals surface area contributed by atoms with Gasteiger partial charge in [-0.2, -0.15) is 5.10 Å². The summed E-state index contributed by atoms with van der Waals surface area (Å²) in [4.78, 5) is 2.03. The summed E-state index contributed by atoms with van der Waals surface area (Å²) in [6.07, 6.45) is 1.78. The third kappa shape index (κ3) is 3.74. The number of halogens is 2. The number of nitrogens with zero attached hydrogens (tertiary/aromatic N) is 3. The maximum atomic E-state index is 13.0. The van der Waals surface area contributed by atoms with Crippen LogP contribution in [0.3, 0.4) is 0 Å². The van der Waals surface area contributed by atoms with Gasteiger partial charge in [-0.1, -0.05) is 17.7 Å².